The van der Waals surface area contributed by atoms with E-state index in [9.17, 15) is 19.2 Å². The Bertz CT molecular complexity index is 838. The Morgan fingerprint density at radius 1 is 1.32 bits per heavy atom. The topological polar surface area (TPSA) is 123 Å². The molecule has 1 fully saturated rings. The maximum atomic E-state index is 12.2. The van der Waals surface area contributed by atoms with E-state index in [1.165, 1.54) is 17.9 Å². The summed E-state index contributed by atoms with van der Waals surface area (Å²) in [5.74, 6) is -0.409. The molecule has 0 saturated carbocycles. The van der Waals surface area contributed by atoms with E-state index in [2.05, 4.69) is 10.3 Å². The fraction of sp³-hybridized carbons (Fsp3) is 0.667. The van der Waals surface area contributed by atoms with Gasteiger partial charge in [0.2, 0.25) is 0 Å². The maximum Gasteiger partial charge on any atom is 0.407 e. The lowest BCUT2D eigenvalue weighted by molar-refractivity contribution is -0.142. The van der Waals surface area contributed by atoms with E-state index in [0.717, 1.165) is 0 Å². The number of H-pyrrole nitrogens is 1. The molecule has 2 heterocycles. The number of amides is 1. The van der Waals surface area contributed by atoms with E-state index < -0.39 is 28.9 Å². The lowest BCUT2D eigenvalue weighted by atomic mass is 10.1. The highest BCUT2D eigenvalue weighted by atomic mass is 16.6. The van der Waals surface area contributed by atoms with Crippen molar-refractivity contribution in [2.45, 2.75) is 51.8 Å². The van der Waals surface area contributed by atoms with Gasteiger partial charge in [0.15, 0.2) is 0 Å². The fourth-order valence-corrected chi connectivity index (χ4v) is 3.17. The van der Waals surface area contributed by atoms with Gasteiger partial charge in [-0.25, -0.2) is 9.59 Å². The molecule has 10 heteroatoms. The zero-order chi connectivity index (χ0) is 21.1. The van der Waals surface area contributed by atoms with E-state index >= 15 is 0 Å². The molecule has 0 spiro atoms. The summed E-state index contributed by atoms with van der Waals surface area (Å²) in [6.45, 7) is 7.62. The van der Waals surface area contributed by atoms with Crippen LogP contribution in [0.25, 0.3) is 0 Å². The van der Waals surface area contributed by atoms with Crippen LogP contribution in [0.4, 0.5) is 4.79 Å². The van der Waals surface area contributed by atoms with Gasteiger partial charge in [-0.1, -0.05) is 0 Å². The van der Waals surface area contributed by atoms with Crippen molar-refractivity contribution in [3.63, 3.8) is 0 Å². The van der Waals surface area contributed by atoms with Crippen molar-refractivity contribution in [1.82, 2.24) is 19.8 Å². The number of nitrogens with one attached hydrogen (secondary N) is 2. The van der Waals surface area contributed by atoms with Crippen molar-refractivity contribution in [1.29, 1.82) is 0 Å². The quantitative estimate of drug-likeness (QED) is 0.680. The number of alkyl carbamates (subject to hydrolysis) is 1. The second-order valence-electron chi connectivity index (χ2n) is 7.91. The highest BCUT2D eigenvalue weighted by Crippen LogP contribution is 2.26. The smallest absolute Gasteiger partial charge is 0.407 e. The molecule has 10 nitrogen and oxygen atoms in total. The van der Waals surface area contributed by atoms with Crippen LogP contribution in [0.5, 0.6) is 0 Å². The van der Waals surface area contributed by atoms with Gasteiger partial charge in [-0.3, -0.25) is 24.0 Å². The minimum atomic E-state index is -0.616. The van der Waals surface area contributed by atoms with Crippen LogP contribution in [0, 0.1) is 6.92 Å². The number of esters is 1. The number of carbonyl (C=O) groups is 2. The molecule has 2 N–H and O–H groups in total. The Morgan fingerprint density at radius 3 is 2.61 bits per heavy atom. The Kier molecular flexibility index (Phi) is 6.65. The molecule has 0 radical (unpaired) electrons. The molecule has 1 aromatic heterocycles. The summed E-state index contributed by atoms with van der Waals surface area (Å²) in [5.41, 5.74) is -1.11. The number of aryl methyl sites for hydroxylation is 1. The third kappa shape index (κ3) is 5.69. The lowest BCUT2D eigenvalue weighted by Gasteiger charge is -2.24. The van der Waals surface area contributed by atoms with Crippen LogP contribution in [0.2, 0.25) is 0 Å². The number of aromatic nitrogens is 2. The van der Waals surface area contributed by atoms with Crippen molar-refractivity contribution in [2.75, 3.05) is 26.7 Å². The average molecular weight is 396 g/mol. The molecule has 1 aliphatic heterocycles. The molecular weight excluding hydrogens is 368 g/mol. The molecule has 0 aromatic carbocycles. The summed E-state index contributed by atoms with van der Waals surface area (Å²) < 4.78 is 11.4. The minimum Gasteiger partial charge on any atom is -0.468 e. The Hall–Kier alpha value is -2.62. The fourth-order valence-electron chi connectivity index (χ4n) is 3.17. The molecule has 0 unspecified atom stereocenters. The van der Waals surface area contributed by atoms with Gasteiger partial charge in [-0.2, -0.15) is 0 Å². The first-order valence-corrected chi connectivity index (χ1v) is 9.10. The average Bonchev–Trinajstić information content (AvgIpc) is 2.97. The molecule has 2 atom stereocenters. The van der Waals surface area contributed by atoms with Gasteiger partial charge in [0.05, 0.1) is 19.7 Å². The van der Waals surface area contributed by atoms with Crippen molar-refractivity contribution in [3.8, 4) is 0 Å². The largest absolute Gasteiger partial charge is 0.468 e. The van der Waals surface area contributed by atoms with Gasteiger partial charge < -0.3 is 14.8 Å². The maximum absolute atomic E-state index is 12.2. The van der Waals surface area contributed by atoms with Gasteiger partial charge in [-0.15, -0.1) is 0 Å². The van der Waals surface area contributed by atoms with Gasteiger partial charge in [0.1, 0.15) is 5.60 Å². The number of aromatic amines is 1. The Balaban J connectivity index is 2.15. The SMILES string of the molecule is COC(=O)CN1C[C@H](n2cc(C)c(=O)[nH]c2=O)C[C@@H]1CNC(=O)OC(C)(C)C. The van der Waals surface area contributed by atoms with Crippen LogP contribution in [-0.2, 0) is 14.3 Å². The minimum absolute atomic E-state index is 0.0325. The first-order valence-electron chi connectivity index (χ1n) is 9.10. The third-order valence-electron chi connectivity index (χ3n) is 4.49. The van der Waals surface area contributed by atoms with Gasteiger partial charge >= 0.3 is 17.8 Å². The van der Waals surface area contributed by atoms with Crippen LogP contribution in [0.1, 0.15) is 38.8 Å². The summed E-state index contributed by atoms with van der Waals surface area (Å²) in [7, 11) is 1.31. The summed E-state index contributed by atoms with van der Waals surface area (Å²) in [5, 5.41) is 2.71. The molecule has 2 rings (SSSR count). The number of hydrogen-bond donors (Lipinski definition) is 2. The first kappa shape index (κ1) is 21.7. The van der Waals surface area contributed by atoms with Crippen LogP contribution in [-0.4, -0.2) is 64.9 Å². The number of hydrogen-bond acceptors (Lipinski definition) is 7. The molecule has 1 amide bonds. The normalized spacial score (nSPS) is 20.0. The summed E-state index contributed by atoms with van der Waals surface area (Å²) in [6, 6.07) is -0.450. The highest BCUT2D eigenvalue weighted by Gasteiger charge is 2.35. The number of ether oxygens (including phenoxy) is 2. The molecule has 1 aromatic rings. The number of likely N-dealkylation sites (tertiary alicyclic amines) is 1. The molecule has 0 bridgehead atoms. The van der Waals surface area contributed by atoms with E-state index in [1.54, 1.807) is 27.7 Å². The third-order valence-corrected chi connectivity index (χ3v) is 4.49. The predicted octanol–water partition coefficient (Wildman–Crippen LogP) is 0.158. The van der Waals surface area contributed by atoms with E-state index in [1.807, 2.05) is 4.90 Å². The highest BCUT2D eigenvalue weighted by molar-refractivity contribution is 5.71. The Morgan fingerprint density at radius 2 is 2.00 bits per heavy atom. The van der Waals surface area contributed by atoms with E-state index in [-0.39, 0.29) is 25.2 Å². The van der Waals surface area contributed by atoms with Crippen molar-refractivity contribution in [2.24, 2.45) is 0 Å². The Labute approximate surface area is 162 Å². The standard InChI is InChI=1S/C18H28N4O6/c1-11-8-22(16(25)20-15(11)24)13-6-12(21(9-13)10-14(23)27-5)7-19-17(26)28-18(2,3)4/h8,12-13H,6-7,9-10H2,1-5H3,(H,19,26)(H,20,24,25)/t12-,13-/m1/s1. The van der Waals surface area contributed by atoms with Gasteiger partial charge in [0.25, 0.3) is 5.56 Å². The second-order valence-corrected chi connectivity index (χ2v) is 7.91. The van der Waals surface area contributed by atoms with E-state index in [4.69, 9.17) is 9.47 Å². The molecule has 0 aliphatic carbocycles. The van der Waals surface area contributed by atoms with Crippen LogP contribution < -0.4 is 16.6 Å². The van der Waals surface area contributed by atoms with E-state index in [0.29, 0.717) is 18.5 Å². The number of rotatable bonds is 5. The number of methoxy groups -OCH3 is 1. The van der Waals surface area contributed by atoms with Crippen LogP contribution in [0.15, 0.2) is 15.8 Å². The van der Waals surface area contributed by atoms with Crippen LogP contribution >= 0.6 is 0 Å². The zero-order valence-electron chi connectivity index (χ0n) is 16.9. The number of nitrogens with zero attached hydrogens (tertiary/aromatic N) is 2. The predicted molar refractivity (Wildman–Crippen MR) is 101 cm³/mol. The summed E-state index contributed by atoms with van der Waals surface area (Å²) >= 11 is 0. The first-order chi connectivity index (χ1) is 13.0. The second kappa shape index (κ2) is 8.59. The molecule has 1 saturated heterocycles. The number of carbonyl (C=O) groups excluding carboxylic acids is 2. The van der Waals surface area contributed by atoms with Crippen molar-refractivity contribution >= 4 is 12.1 Å². The van der Waals surface area contributed by atoms with Gasteiger partial charge in [0, 0.05) is 30.9 Å². The van der Waals surface area contributed by atoms with Gasteiger partial charge in [-0.05, 0) is 34.1 Å². The lowest BCUT2D eigenvalue weighted by Crippen LogP contribution is -2.43. The van der Waals surface area contributed by atoms with Crippen molar-refractivity contribution < 1.29 is 19.1 Å². The van der Waals surface area contributed by atoms with Crippen molar-refractivity contribution in [3.05, 3.63) is 32.6 Å². The zero-order valence-corrected chi connectivity index (χ0v) is 16.9. The van der Waals surface area contributed by atoms with Crippen LogP contribution in [0.3, 0.4) is 0 Å². The monoisotopic (exact) mass is 396 g/mol. The summed E-state index contributed by atoms with van der Waals surface area (Å²) in [4.78, 5) is 51.7. The molecule has 1 aliphatic rings. The molecule has 28 heavy (non-hydrogen) atoms. The summed E-state index contributed by atoms with van der Waals surface area (Å²) in [6.07, 6.45) is 1.48. The molecular formula is C18H28N4O6. The molecule has 156 valence electrons.